The number of fused-ring (bicyclic) bond motifs is 1. The molecule has 4 rings (SSSR count). The van der Waals surface area contributed by atoms with Gasteiger partial charge in [-0.15, -0.1) is 0 Å². The molecule has 2 aliphatic rings. The minimum absolute atomic E-state index is 0.0154. The molecule has 0 saturated carbocycles. The van der Waals surface area contributed by atoms with Gasteiger partial charge in [0.05, 0.1) is 17.8 Å². The number of anilines is 1. The van der Waals surface area contributed by atoms with Crippen molar-refractivity contribution in [2.75, 3.05) is 18.0 Å². The van der Waals surface area contributed by atoms with Crippen LogP contribution in [0.3, 0.4) is 0 Å². The third-order valence-corrected chi connectivity index (χ3v) is 5.13. The first-order chi connectivity index (χ1) is 12.2. The van der Waals surface area contributed by atoms with Crippen LogP contribution < -0.4 is 10.2 Å². The van der Waals surface area contributed by atoms with Crippen LogP contribution in [0.25, 0.3) is 0 Å². The molecule has 1 fully saturated rings. The number of piperidine rings is 1. The van der Waals surface area contributed by atoms with E-state index in [4.69, 9.17) is 0 Å². The molecule has 0 unspecified atom stereocenters. The Balaban J connectivity index is 1.36. The molecule has 1 saturated heterocycles. The first-order valence-corrected chi connectivity index (χ1v) is 9.03. The molecule has 1 N–H and O–H groups in total. The summed E-state index contributed by atoms with van der Waals surface area (Å²) in [5.41, 5.74) is 1.05. The number of carbonyl (C=O) groups is 1. The number of aromatic nitrogens is 4. The predicted octanol–water partition coefficient (Wildman–Crippen LogP) is 1.33. The van der Waals surface area contributed by atoms with Gasteiger partial charge in [-0.3, -0.25) is 9.78 Å². The van der Waals surface area contributed by atoms with Gasteiger partial charge in [0, 0.05) is 50.7 Å². The Morgan fingerprint density at radius 3 is 3.04 bits per heavy atom. The van der Waals surface area contributed by atoms with Gasteiger partial charge < -0.3 is 14.8 Å². The molecule has 25 heavy (non-hydrogen) atoms. The molecular formula is C18H24N6O. The summed E-state index contributed by atoms with van der Waals surface area (Å²) in [4.78, 5) is 28.0. The second-order valence-electron chi connectivity index (χ2n) is 7.04. The molecule has 0 aromatic carbocycles. The number of imidazole rings is 1. The molecule has 0 aliphatic carbocycles. The Morgan fingerprint density at radius 1 is 1.28 bits per heavy atom. The van der Waals surface area contributed by atoms with Crippen LogP contribution in [-0.4, -0.2) is 44.6 Å². The fraction of sp³-hybridized carbons (Fsp3) is 0.556. The molecule has 132 valence electrons. The number of nitrogens with zero attached hydrogens (tertiary/aromatic N) is 5. The van der Waals surface area contributed by atoms with Crippen LogP contribution in [0.4, 0.5) is 5.82 Å². The Morgan fingerprint density at radius 2 is 2.20 bits per heavy atom. The van der Waals surface area contributed by atoms with Crippen LogP contribution in [0.1, 0.15) is 30.8 Å². The lowest BCUT2D eigenvalue weighted by Gasteiger charge is -2.34. The van der Waals surface area contributed by atoms with Crippen molar-refractivity contribution in [3.8, 4) is 0 Å². The molecule has 7 heteroatoms. The van der Waals surface area contributed by atoms with Crippen LogP contribution in [0.5, 0.6) is 0 Å². The van der Waals surface area contributed by atoms with Gasteiger partial charge in [-0.1, -0.05) is 0 Å². The lowest BCUT2D eigenvalue weighted by atomic mass is 9.96. The number of hydrogen-bond acceptors (Lipinski definition) is 5. The van der Waals surface area contributed by atoms with E-state index in [-0.39, 0.29) is 17.9 Å². The maximum atomic E-state index is 12.8. The zero-order chi connectivity index (χ0) is 17.2. The summed E-state index contributed by atoms with van der Waals surface area (Å²) in [5.74, 6) is 2.17. The van der Waals surface area contributed by atoms with Crippen molar-refractivity contribution in [1.29, 1.82) is 0 Å². The van der Waals surface area contributed by atoms with E-state index in [1.807, 2.05) is 6.92 Å². The summed E-state index contributed by atoms with van der Waals surface area (Å²) in [6.07, 6.45) is 11.0. The van der Waals surface area contributed by atoms with Crippen molar-refractivity contribution in [1.82, 2.24) is 24.8 Å². The van der Waals surface area contributed by atoms with E-state index in [0.717, 1.165) is 56.1 Å². The number of nitrogens with one attached hydrogen (secondary N) is 1. The maximum Gasteiger partial charge on any atom is 0.225 e. The average molecular weight is 340 g/mol. The normalized spacial score (nSPS) is 23.2. The molecule has 7 nitrogen and oxygen atoms in total. The monoisotopic (exact) mass is 340 g/mol. The van der Waals surface area contributed by atoms with Crippen molar-refractivity contribution < 1.29 is 4.79 Å². The minimum Gasteiger partial charge on any atom is -0.355 e. The Hall–Kier alpha value is -2.44. The molecule has 0 bridgehead atoms. The largest absolute Gasteiger partial charge is 0.355 e. The van der Waals surface area contributed by atoms with Crippen LogP contribution in [0.2, 0.25) is 0 Å². The second kappa shape index (κ2) is 6.82. The first kappa shape index (κ1) is 16.1. The van der Waals surface area contributed by atoms with E-state index in [1.54, 1.807) is 18.6 Å². The lowest BCUT2D eigenvalue weighted by Crippen LogP contribution is -2.48. The van der Waals surface area contributed by atoms with Crippen LogP contribution in [0, 0.1) is 12.8 Å². The molecule has 4 heterocycles. The Bertz CT molecular complexity index is 743. The number of rotatable bonds is 3. The van der Waals surface area contributed by atoms with Gasteiger partial charge >= 0.3 is 0 Å². The summed E-state index contributed by atoms with van der Waals surface area (Å²) in [6.45, 7) is 4.49. The van der Waals surface area contributed by atoms with Crippen molar-refractivity contribution in [2.45, 2.75) is 45.2 Å². The number of amides is 1. The summed E-state index contributed by atoms with van der Waals surface area (Å²) in [5, 5.41) is 3.26. The highest BCUT2D eigenvalue weighted by molar-refractivity contribution is 5.79. The number of hydrogen-bond donors (Lipinski definition) is 1. The van der Waals surface area contributed by atoms with Crippen molar-refractivity contribution >= 4 is 11.7 Å². The highest BCUT2D eigenvalue weighted by atomic mass is 16.2. The molecule has 2 aliphatic heterocycles. The Labute approximate surface area is 147 Å². The average Bonchev–Trinajstić information content (AvgIpc) is 3.02. The molecule has 0 radical (unpaired) electrons. The fourth-order valence-electron chi connectivity index (χ4n) is 3.88. The van der Waals surface area contributed by atoms with Crippen LogP contribution >= 0.6 is 0 Å². The van der Waals surface area contributed by atoms with Gasteiger partial charge in [0.25, 0.3) is 0 Å². The van der Waals surface area contributed by atoms with Gasteiger partial charge in [0.2, 0.25) is 5.91 Å². The molecule has 2 aromatic rings. The van der Waals surface area contributed by atoms with Gasteiger partial charge in [-0.2, -0.15) is 0 Å². The van der Waals surface area contributed by atoms with E-state index < -0.39 is 0 Å². The first-order valence-electron chi connectivity index (χ1n) is 9.03. The summed E-state index contributed by atoms with van der Waals surface area (Å²) >= 11 is 0. The standard InChI is InChI=1S/C18H24N6O/c1-13-10-24-12-15(4-5-16(24)21-13)22-18(25)14-3-2-8-23(11-14)17-9-19-6-7-20-17/h6-7,9-10,14-15H,2-5,8,11-12H2,1H3,(H,22,25)/t14-,15-/m0/s1. The third-order valence-electron chi connectivity index (χ3n) is 5.13. The zero-order valence-electron chi connectivity index (χ0n) is 14.6. The van der Waals surface area contributed by atoms with Gasteiger partial charge in [0.1, 0.15) is 11.6 Å². The Kier molecular flexibility index (Phi) is 4.38. The molecule has 0 spiro atoms. The molecule has 1 amide bonds. The van der Waals surface area contributed by atoms with Crippen molar-refractivity contribution in [3.05, 3.63) is 36.3 Å². The number of carbonyl (C=O) groups excluding carboxylic acids is 1. The van der Waals surface area contributed by atoms with Gasteiger partial charge in [-0.25, -0.2) is 9.97 Å². The van der Waals surface area contributed by atoms with Gasteiger partial charge in [0.15, 0.2) is 0 Å². The highest BCUT2D eigenvalue weighted by Gasteiger charge is 2.29. The van der Waals surface area contributed by atoms with E-state index >= 15 is 0 Å². The summed E-state index contributed by atoms with van der Waals surface area (Å²) in [6, 6.07) is 0.195. The quantitative estimate of drug-likeness (QED) is 0.912. The molecular weight excluding hydrogens is 316 g/mol. The van der Waals surface area contributed by atoms with Crippen LogP contribution in [-0.2, 0) is 17.8 Å². The van der Waals surface area contributed by atoms with Gasteiger partial charge in [-0.05, 0) is 26.2 Å². The lowest BCUT2D eigenvalue weighted by molar-refractivity contribution is -0.126. The summed E-state index contributed by atoms with van der Waals surface area (Å²) in [7, 11) is 0. The summed E-state index contributed by atoms with van der Waals surface area (Å²) < 4.78 is 2.18. The topological polar surface area (TPSA) is 75.9 Å². The smallest absolute Gasteiger partial charge is 0.225 e. The van der Waals surface area contributed by atoms with E-state index in [9.17, 15) is 4.79 Å². The SMILES string of the molecule is Cc1cn2c(n1)CC[C@H](NC(=O)[C@H]1CCCN(c3cnccn3)C1)C2. The predicted molar refractivity (Wildman–Crippen MR) is 94.2 cm³/mol. The van der Waals surface area contributed by atoms with Crippen LogP contribution in [0.15, 0.2) is 24.8 Å². The molecule has 2 atom stereocenters. The minimum atomic E-state index is 0.0154. The number of aryl methyl sites for hydroxylation is 2. The van der Waals surface area contributed by atoms with E-state index in [0.29, 0.717) is 6.54 Å². The molecule has 2 aromatic heterocycles. The third kappa shape index (κ3) is 3.50. The van der Waals surface area contributed by atoms with E-state index in [2.05, 4.69) is 35.9 Å². The second-order valence-corrected chi connectivity index (χ2v) is 7.04. The fourth-order valence-corrected chi connectivity index (χ4v) is 3.88. The maximum absolute atomic E-state index is 12.8. The zero-order valence-corrected chi connectivity index (χ0v) is 14.6. The highest BCUT2D eigenvalue weighted by Crippen LogP contribution is 2.22. The van der Waals surface area contributed by atoms with Crippen molar-refractivity contribution in [3.63, 3.8) is 0 Å². The van der Waals surface area contributed by atoms with E-state index in [1.165, 1.54) is 0 Å². The van der Waals surface area contributed by atoms with Crippen molar-refractivity contribution in [2.24, 2.45) is 5.92 Å².